The van der Waals surface area contributed by atoms with Gasteiger partial charge in [0.15, 0.2) is 0 Å². The minimum Gasteiger partial charge on any atom is -0.380 e. The molecule has 0 aliphatic heterocycles. The number of hydrogen-bond acceptors (Lipinski definition) is 4. The highest BCUT2D eigenvalue weighted by Crippen LogP contribution is 2.13. The number of benzene rings is 1. The lowest BCUT2D eigenvalue weighted by molar-refractivity contribution is 0.0787. The van der Waals surface area contributed by atoms with Crippen molar-refractivity contribution < 1.29 is 9.47 Å². The quantitative estimate of drug-likeness (QED) is 0.600. The van der Waals surface area contributed by atoms with Gasteiger partial charge >= 0.3 is 0 Å². The molecule has 0 heterocycles. The predicted molar refractivity (Wildman–Crippen MR) is 87.7 cm³/mol. The third-order valence-corrected chi connectivity index (χ3v) is 3.50. The number of likely N-dealkylation sites (N-methyl/N-ethyl adjacent to an activating group) is 1. The van der Waals surface area contributed by atoms with E-state index >= 15 is 0 Å². The second-order valence-corrected chi connectivity index (χ2v) is 4.95. The first-order valence-electron chi connectivity index (χ1n) is 7.91. The van der Waals surface area contributed by atoms with Crippen LogP contribution in [0.4, 0.5) is 0 Å². The Labute approximate surface area is 129 Å². The fraction of sp³-hybridized carbons (Fsp3) is 0.647. The van der Waals surface area contributed by atoms with Crippen LogP contribution in [0.1, 0.15) is 25.5 Å². The van der Waals surface area contributed by atoms with Crippen LogP contribution in [0.25, 0.3) is 0 Å². The van der Waals surface area contributed by atoms with E-state index in [0.29, 0.717) is 6.04 Å². The summed E-state index contributed by atoms with van der Waals surface area (Å²) in [6, 6.07) is 10.9. The summed E-state index contributed by atoms with van der Waals surface area (Å²) >= 11 is 0. The van der Waals surface area contributed by atoms with Gasteiger partial charge in [-0.3, -0.25) is 4.90 Å². The Morgan fingerprint density at radius 3 is 2.05 bits per heavy atom. The van der Waals surface area contributed by atoms with Crippen molar-refractivity contribution in [3.63, 3.8) is 0 Å². The summed E-state index contributed by atoms with van der Waals surface area (Å²) in [5.74, 6) is 0. The van der Waals surface area contributed by atoms with Crippen LogP contribution >= 0.6 is 0 Å². The van der Waals surface area contributed by atoms with Crippen LogP contribution in [0.2, 0.25) is 0 Å². The lowest BCUT2D eigenvalue weighted by Crippen LogP contribution is -2.38. The second-order valence-electron chi connectivity index (χ2n) is 4.95. The second kappa shape index (κ2) is 11.7. The molecule has 0 saturated heterocycles. The monoisotopic (exact) mass is 294 g/mol. The third kappa shape index (κ3) is 7.58. The van der Waals surface area contributed by atoms with E-state index in [1.807, 2.05) is 20.9 Å². The van der Waals surface area contributed by atoms with E-state index in [-0.39, 0.29) is 0 Å². The molecule has 0 amide bonds. The standard InChI is InChI=1S/C17H30N2O2/c1-4-20-13-11-19(12-14-21-5-2)15-17(18-3)16-9-7-6-8-10-16/h6-10,17-18H,4-5,11-15H2,1-3H3. The maximum Gasteiger partial charge on any atom is 0.0593 e. The molecule has 1 rings (SSSR count). The Balaban J connectivity index is 2.54. The van der Waals surface area contributed by atoms with Crippen molar-refractivity contribution >= 4 is 0 Å². The molecule has 0 aliphatic carbocycles. The Morgan fingerprint density at radius 1 is 1.00 bits per heavy atom. The predicted octanol–water partition coefficient (Wildman–Crippen LogP) is 2.32. The molecule has 0 aliphatic rings. The maximum absolute atomic E-state index is 5.49. The first-order valence-corrected chi connectivity index (χ1v) is 7.91. The molecule has 0 bridgehead atoms. The van der Waals surface area contributed by atoms with Gasteiger partial charge < -0.3 is 14.8 Å². The maximum atomic E-state index is 5.49. The summed E-state index contributed by atoms with van der Waals surface area (Å²) in [6.07, 6.45) is 0. The molecule has 0 spiro atoms. The van der Waals surface area contributed by atoms with Crippen LogP contribution in [-0.2, 0) is 9.47 Å². The van der Waals surface area contributed by atoms with E-state index in [0.717, 1.165) is 46.1 Å². The fourth-order valence-electron chi connectivity index (χ4n) is 2.28. The topological polar surface area (TPSA) is 33.7 Å². The molecule has 1 aromatic rings. The number of nitrogens with zero attached hydrogens (tertiary/aromatic N) is 1. The zero-order valence-corrected chi connectivity index (χ0v) is 13.7. The molecule has 4 nitrogen and oxygen atoms in total. The summed E-state index contributed by atoms with van der Waals surface area (Å²) in [5, 5.41) is 3.41. The molecule has 1 aromatic carbocycles. The van der Waals surface area contributed by atoms with Gasteiger partial charge in [0.2, 0.25) is 0 Å². The fourth-order valence-corrected chi connectivity index (χ4v) is 2.28. The third-order valence-electron chi connectivity index (χ3n) is 3.50. The summed E-state index contributed by atoms with van der Waals surface area (Å²) in [6.45, 7) is 9.98. The molecule has 120 valence electrons. The zero-order valence-electron chi connectivity index (χ0n) is 13.7. The average molecular weight is 294 g/mol. The molecule has 1 atom stereocenters. The van der Waals surface area contributed by atoms with Gasteiger partial charge in [-0.05, 0) is 26.5 Å². The van der Waals surface area contributed by atoms with Crippen molar-refractivity contribution in [3.8, 4) is 0 Å². The van der Waals surface area contributed by atoms with Crippen LogP contribution in [-0.4, -0.2) is 58.0 Å². The summed E-state index contributed by atoms with van der Waals surface area (Å²) < 4.78 is 11.0. The van der Waals surface area contributed by atoms with E-state index in [9.17, 15) is 0 Å². The summed E-state index contributed by atoms with van der Waals surface area (Å²) in [4.78, 5) is 2.40. The van der Waals surface area contributed by atoms with Gasteiger partial charge in [0.25, 0.3) is 0 Å². The van der Waals surface area contributed by atoms with E-state index in [2.05, 4.69) is 40.5 Å². The molecule has 0 aromatic heterocycles. The molecule has 1 unspecified atom stereocenters. The highest BCUT2D eigenvalue weighted by molar-refractivity contribution is 5.19. The van der Waals surface area contributed by atoms with Crippen molar-refractivity contribution in [3.05, 3.63) is 35.9 Å². The first kappa shape index (κ1) is 18.1. The largest absolute Gasteiger partial charge is 0.380 e. The average Bonchev–Trinajstić information content (AvgIpc) is 2.53. The Bertz CT molecular complexity index is 336. The summed E-state index contributed by atoms with van der Waals surface area (Å²) in [5.41, 5.74) is 1.32. The lowest BCUT2D eigenvalue weighted by atomic mass is 10.1. The van der Waals surface area contributed by atoms with Crippen LogP contribution in [0.5, 0.6) is 0 Å². The molecule has 1 N–H and O–H groups in total. The summed E-state index contributed by atoms with van der Waals surface area (Å²) in [7, 11) is 2.01. The first-order chi connectivity index (χ1) is 10.3. The van der Waals surface area contributed by atoms with Crippen molar-refractivity contribution in [2.75, 3.05) is 53.1 Å². The van der Waals surface area contributed by atoms with Gasteiger partial charge in [-0.15, -0.1) is 0 Å². The Kier molecular flexibility index (Phi) is 10.1. The smallest absolute Gasteiger partial charge is 0.0593 e. The minimum atomic E-state index is 0.328. The van der Waals surface area contributed by atoms with Gasteiger partial charge in [0.05, 0.1) is 13.2 Å². The van der Waals surface area contributed by atoms with Crippen molar-refractivity contribution in [1.82, 2.24) is 10.2 Å². The van der Waals surface area contributed by atoms with Crippen LogP contribution in [0, 0.1) is 0 Å². The number of hydrogen-bond donors (Lipinski definition) is 1. The van der Waals surface area contributed by atoms with Gasteiger partial charge in [-0.2, -0.15) is 0 Å². The number of ether oxygens (including phenoxy) is 2. The zero-order chi connectivity index (χ0) is 15.3. The minimum absolute atomic E-state index is 0.328. The van der Waals surface area contributed by atoms with Crippen molar-refractivity contribution in [2.45, 2.75) is 19.9 Å². The highest BCUT2D eigenvalue weighted by Gasteiger charge is 2.14. The SMILES string of the molecule is CCOCCN(CCOCC)CC(NC)c1ccccc1. The number of rotatable bonds is 12. The van der Waals surface area contributed by atoms with E-state index in [4.69, 9.17) is 9.47 Å². The van der Waals surface area contributed by atoms with E-state index in [1.165, 1.54) is 5.56 Å². The van der Waals surface area contributed by atoms with Crippen molar-refractivity contribution in [2.24, 2.45) is 0 Å². The van der Waals surface area contributed by atoms with E-state index in [1.54, 1.807) is 0 Å². The highest BCUT2D eigenvalue weighted by atomic mass is 16.5. The van der Waals surface area contributed by atoms with Gasteiger partial charge in [0.1, 0.15) is 0 Å². The number of nitrogens with one attached hydrogen (secondary N) is 1. The van der Waals surface area contributed by atoms with Crippen LogP contribution < -0.4 is 5.32 Å². The van der Waals surface area contributed by atoms with Crippen LogP contribution in [0.15, 0.2) is 30.3 Å². The molecule has 0 saturated carbocycles. The van der Waals surface area contributed by atoms with Gasteiger partial charge in [0, 0.05) is 38.9 Å². The molecular formula is C17H30N2O2. The molecule has 0 fully saturated rings. The van der Waals surface area contributed by atoms with Crippen LogP contribution in [0.3, 0.4) is 0 Å². The van der Waals surface area contributed by atoms with Gasteiger partial charge in [-0.1, -0.05) is 30.3 Å². The normalized spacial score (nSPS) is 12.8. The Hall–Kier alpha value is -0.940. The molecule has 21 heavy (non-hydrogen) atoms. The molecular weight excluding hydrogens is 264 g/mol. The Morgan fingerprint density at radius 2 is 1.57 bits per heavy atom. The van der Waals surface area contributed by atoms with Crippen molar-refractivity contribution in [1.29, 1.82) is 0 Å². The van der Waals surface area contributed by atoms with Gasteiger partial charge in [-0.25, -0.2) is 0 Å². The van der Waals surface area contributed by atoms with E-state index < -0.39 is 0 Å². The lowest BCUT2D eigenvalue weighted by Gasteiger charge is -2.27. The molecule has 0 radical (unpaired) electrons. The molecule has 4 heteroatoms.